The molecule has 0 atom stereocenters. The monoisotopic (exact) mass is 348 g/mol. The minimum absolute atomic E-state index is 0.164. The molecular weight excluding hydrogens is 328 g/mol. The van der Waals surface area contributed by atoms with Gasteiger partial charge in [-0.3, -0.25) is 4.79 Å². The standard InChI is InChI=1S/C22H20O4/c1-24-16-25-22-12-9-18(15-23)14-19(22)13-17-7-10-21(11-8-17)26-20-5-3-2-4-6-20/h2-12,14-15H,13,16H2,1H3. The lowest BCUT2D eigenvalue weighted by Gasteiger charge is -2.12. The van der Waals surface area contributed by atoms with Gasteiger partial charge in [-0.2, -0.15) is 0 Å². The van der Waals surface area contributed by atoms with Crippen LogP contribution >= 0.6 is 0 Å². The Morgan fingerprint density at radius 2 is 1.62 bits per heavy atom. The third-order valence-electron chi connectivity index (χ3n) is 3.85. The second kappa shape index (κ2) is 8.83. The molecule has 0 fully saturated rings. The first-order valence-corrected chi connectivity index (χ1v) is 8.30. The molecule has 0 spiro atoms. The van der Waals surface area contributed by atoms with Crippen molar-refractivity contribution in [3.05, 3.63) is 89.5 Å². The molecule has 0 saturated heterocycles. The molecule has 0 aliphatic carbocycles. The molecule has 0 amide bonds. The summed E-state index contributed by atoms with van der Waals surface area (Å²) >= 11 is 0. The number of ether oxygens (including phenoxy) is 3. The molecule has 0 aliphatic heterocycles. The normalized spacial score (nSPS) is 10.3. The van der Waals surface area contributed by atoms with E-state index < -0.39 is 0 Å². The van der Waals surface area contributed by atoms with E-state index in [-0.39, 0.29) is 6.79 Å². The molecule has 0 N–H and O–H groups in total. The number of benzene rings is 3. The zero-order valence-electron chi connectivity index (χ0n) is 14.6. The van der Waals surface area contributed by atoms with Crippen LogP contribution in [0.25, 0.3) is 0 Å². The highest BCUT2D eigenvalue weighted by Crippen LogP contribution is 2.25. The van der Waals surface area contributed by atoms with Crippen LogP contribution in [0.4, 0.5) is 0 Å². The lowest BCUT2D eigenvalue weighted by molar-refractivity contribution is 0.0505. The van der Waals surface area contributed by atoms with E-state index in [4.69, 9.17) is 14.2 Å². The first-order valence-electron chi connectivity index (χ1n) is 8.30. The topological polar surface area (TPSA) is 44.8 Å². The van der Waals surface area contributed by atoms with Gasteiger partial charge in [0.15, 0.2) is 6.79 Å². The Bertz CT molecular complexity index is 842. The maximum Gasteiger partial charge on any atom is 0.188 e. The van der Waals surface area contributed by atoms with Gasteiger partial charge in [-0.1, -0.05) is 30.3 Å². The molecule has 4 nitrogen and oxygen atoms in total. The van der Waals surface area contributed by atoms with Crippen molar-refractivity contribution in [3.8, 4) is 17.2 Å². The van der Waals surface area contributed by atoms with Crippen LogP contribution in [0.5, 0.6) is 17.2 Å². The van der Waals surface area contributed by atoms with Crippen LogP contribution in [0, 0.1) is 0 Å². The van der Waals surface area contributed by atoms with Crippen molar-refractivity contribution in [1.29, 1.82) is 0 Å². The van der Waals surface area contributed by atoms with E-state index in [0.29, 0.717) is 17.7 Å². The molecule has 0 unspecified atom stereocenters. The summed E-state index contributed by atoms with van der Waals surface area (Å²) in [5.74, 6) is 2.29. The molecule has 4 heteroatoms. The number of methoxy groups -OCH3 is 1. The fourth-order valence-corrected chi connectivity index (χ4v) is 2.59. The Kier molecular flexibility index (Phi) is 6.01. The van der Waals surface area contributed by atoms with Crippen LogP contribution in [0.3, 0.4) is 0 Å². The molecule has 0 heterocycles. The summed E-state index contributed by atoms with van der Waals surface area (Å²) in [7, 11) is 1.57. The van der Waals surface area contributed by atoms with Gasteiger partial charge in [0.05, 0.1) is 0 Å². The number of rotatable bonds is 8. The maximum atomic E-state index is 11.1. The van der Waals surface area contributed by atoms with Gasteiger partial charge in [-0.25, -0.2) is 0 Å². The predicted octanol–water partition coefficient (Wildman–Crippen LogP) is 4.86. The lowest BCUT2D eigenvalue weighted by atomic mass is 10.0. The van der Waals surface area contributed by atoms with Crippen LogP contribution in [-0.4, -0.2) is 20.2 Å². The zero-order valence-corrected chi connectivity index (χ0v) is 14.6. The van der Waals surface area contributed by atoms with Crippen molar-refractivity contribution < 1.29 is 19.0 Å². The smallest absolute Gasteiger partial charge is 0.188 e. The number of para-hydroxylation sites is 1. The molecule has 0 aromatic heterocycles. The van der Waals surface area contributed by atoms with Crippen LogP contribution < -0.4 is 9.47 Å². The highest BCUT2D eigenvalue weighted by molar-refractivity contribution is 5.75. The van der Waals surface area contributed by atoms with Gasteiger partial charge in [0.25, 0.3) is 0 Å². The third kappa shape index (κ3) is 4.71. The van der Waals surface area contributed by atoms with Gasteiger partial charge in [0, 0.05) is 19.1 Å². The minimum atomic E-state index is 0.164. The van der Waals surface area contributed by atoms with Gasteiger partial charge in [-0.15, -0.1) is 0 Å². The van der Waals surface area contributed by atoms with Gasteiger partial charge >= 0.3 is 0 Å². The molecular formula is C22H20O4. The van der Waals surface area contributed by atoms with E-state index in [1.54, 1.807) is 19.2 Å². The second-order valence-corrected chi connectivity index (χ2v) is 5.77. The number of hydrogen-bond donors (Lipinski definition) is 0. The maximum absolute atomic E-state index is 11.1. The highest BCUT2D eigenvalue weighted by Gasteiger charge is 2.07. The van der Waals surface area contributed by atoms with Gasteiger partial charge < -0.3 is 14.2 Å². The van der Waals surface area contributed by atoms with Crippen molar-refractivity contribution >= 4 is 6.29 Å². The van der Waals surface area contributed by atoms with Crippen molar-refractivity contribution in [2.45, 2.75) is 6.42 Å². The number of carbonyl (C=O) groups excluding carboxylic acids is 1. The summed E-state index contributed by atoms with van der Waals surface area (Å²) in [6, 6.07) is 22.9. The number of carbonyl (C=O) groups is 1. The molecule has 132 valence electrons. The fraction of sp³-hybridized carbons (Fsp3) is 0.136. The minimum Gasteiger partial charge on any atom is -0.467 e. The second-order valence-electron chi connectivity index (χ2n) is 5.77. The largest absolute Gasteiger partial charge is 0.467 e. The van der Waals surface area contributed by atoms with Crippen LogP contribution in [0.15, 0.2) is 72.8 Å². The van der Waals surface area contributed by atoms with Crippen LogP contribution in [0.2, 0.25) is 0 Å². The first kappa shape index (κ1) is 17.7. The van der Waals surface area contributed by atoms with Crippen molar-refractivity contribution in [2.75, 3.05) is 13.9 Å². The Hall–Kier alpha value is -3.11. The SMILES string of the molecule is COCOc1ccc(C=O)cc1Cc1ccc(Oc2ccccc2)cc1. The Balaban J connectivity index is 1.75. The summed E-state index contributed by atoms with van der Waals surface area (Å²) in [6.45, 7) is 0.164. The highest BCUT2D eigenvalue weighted by atomic mass is 16.7. The Morgan fingerprint density at radius 1 is 0.885 bits per heavy atom. The van der Waals surface area contributed by atoms with E-state index in [9.17, 15) is 4.79 Å². The zero-order chi connectivity index (χ0) is 18.2. The molecule has 26 heavy (non-hydrogen) atoms. The average molecular weight is 348 g/mol. The summed E-state index contributed by atoms with van der Waals surface area (Å²) in [6.07, 6.45) is 1.48. The lowest BCUT2D eigenvalue weighted by Crippen LogP contribution is -2.03. The molecule has 0 radical (unpaired) electrons. The predicted molar refractivity (Wildman–Crippen MR) is 100 cm³/mol. The molecule has 0 saturated carbocycles. The van der Waals surface area contributed by atoms with E-state index in [2.05, 4.69) is 0 Å². The molecule has 0 bridgehead atoms. The van der Waals surface area contributed by atoms with E-state index >= 15 is 0 Å². The summed E-state index contributed by atoms with van der Waals surface area (Å²) < 4.78 is 16.4. The number of hydrogen-bond acceptors (Lipinski definition) is 4. The third-order valence-corrected chi connectivity index (χ3v) is 3.85. The van der Waals surface area contributed by atoms with Crippen LogP contribution in [-0.2, 0) is 11.2 Å². The molecule has 3 aromatic rings. The average Bonchev–Trinajstić information content (AvgIpc) is 2.69. The molecule has 3 aromatic carbocycles. The Morgan fingerprint density at radius 3 is 2.31 bits per heavy atom. The van der Waals surface area contributed by atoms with E-state index in [1.165, 1.54) is 0 Å². The molecule has 0 aliphatic rings. The van der Waals surface area contributed by atoms with Gasteiger partial charge in [0.1, 0.15) is 23.5 Å². The van der Waals surface area contributed by atoms with Gasteiger partial charge in [-0.05, 0) is 53.6 Å². The fourth-order valence-electron chi connectivity index (χ4n) is 2.59. The Labute approximate surface area is 153 Å². The van der Waals surface area contributed by atoms with Crippen molar-refractivity contribution in [1.82, 2.24) is 0 Å². The van der Waals surface area contributed by atoms with Crippen LogP contribution in [0.1, 0.15) is 21.5 Å². The summed E-state index contributed by atoms with van der Waals surface area (Å²) in [4.78, 5) is 11.1. The van der Waals surface area contributed by atoms with Gasteiger partial charge in [0.2, 0.25) is 0 Å². The van der Waals surface area contributed by atoms with E-state index in [1.807, 2.05) is 60.7 Å². The molecule has 3 rings (SSSR count). The number of aldehydes is 1. The quantitative estimate of drug-likeness (QED) is 0.430. The van der Waals surface area contributed by atoms with Crippen molar-refractivity contribution in [2.24, 2.45) is 0 Å². The summed E-state index contributed by atoms with van der Waals surface area (Å²) in [5, 5.41) is 0. The van der Waals surface area contributed by atoms with Crippen molar-refractivity contribution in [3.63, 3.8) is 0 Å². The summed E-state index contributed by atoms with van der Waals surface area (Å²) in [5.41, 5.74) is 2.65. The first-order chi connectivity index (χ1) is 12.8. The van der Waals surface area contributed by atoms with E-state index in [0.717, 1.165) is 28.9 Å².